The molecule has 3 rings (SSSR count). The number of rotatable bonds is 3. The Hall–Kier alpha value is -1.24. The van der Waals surface area contributed by atoms with Crippen LogP contribution in [0.4, 0.5) is 5.82 Å². The van der Waals surface area contributed by atoms with Gasteiger partial charge in [0.2, 0.25) is 0 Å². The van der Waals surface area contributed by atoms with Gasteiger partial charge in [-0.3, -0.25) is 0 Å². The third-order valence-corrected chi connectivity index (χ3v) is 3.69. The van der Waals surface area contributed by atoms with Crippen molar-refractivity contribution in [1.82, 2.24) is 15.3 Å². The van der Waals surface area contributed by atoms with Gasteiger partial charge in [-0.15, -0.1) is 0 Å². The van der Waals surface area contributed by atoms with Crippen LogP contribution >= 0.6 is 0 Å². The molecular formula is C14H22N4O2. The summed E-state index contributed by atoms with van der Waals surface area (Å²) in [5.74, 6) is 1.68. The van der Waals surface area contributed by atoms with Gasteiger partial charge in [0, 0.05) is 38.4 Å². The van der Waals surface area contributed by atoms with E-state index in [0.29, 0.717) is 6.04 Å². The molecule has 0 spiro atoms. The van der Waals surface area contributed by atoms with E-state index >= 15 is 0 Å². The Kier molecular flexibility index (Phi) is 4.44. The first-order chi connectivity index (χ1) is 9.81. The number of hydrogen-bond donors (Lipinski definition) is 2. The molecule has 110 valence electrons. The van der Waals surface area contributed by atoms with Crippen molar-refractivity contribution in [2.45, 2.75) is 31.9 Å². The summed E-state index contributed by atoms with van der Waals surface area (Å²) in [7, 11) is 0. The lowest BCUT2D eigenvalue weighted by atomic mass is 10.1. The molecule has 2 N–H and O–H groups in total. The number of morpholine rings is 1. The Bertz CT molecular complexity index is 443. The zero-order chi connectivity index (χ0) is 13.8. The van der Waals surface area contributed by atoms with Crippen LogP contribution < -0.4 is 10.6 Å². The van der Waals surface area contributed by atoms with Crippen LogP contribution in [0.5, 0.6) is 0 Å². The Labute approximate surface area is 119 Å². The Morgan fingerprint density at radius 1 is 1.25 bits per heavy atom. The SMILES string of the molecule is Cc1nc(NC2CCOCC2)cc(C2CNCCO2)n1. The van der Waals surface area contributed by atoms with Crippen LogP contribution in [-0.2, 0) is 9.47 Å². The maximum Gasteiger partial charge on any atom is 0.130 e. The minimum atomic E-state index is 0.0284. The molecule has 2 aliphatic rings. The van der Waals surface area contributed by atoms with Crippen molar-refractivity contribution in [3.63, 3.8) is 0 Å². The summed E-state index contributed by atoms with van der Waals surface area (Å²) in [6.07, 6.45) is 2.08. The molecule has 3 heterocycles. The highest BCUT2D eigenvalue weighted by Gasteiger charge is 2.20. The van der Waals surface area contributed by atoms with Gasteiger partial charge in [0.1, 0.15) is 17.7 Å². The molecule has 2 aliphatic heterocycles. The smallest absolute Gasteiger partial charge is 0.130 e. The van der Waals surface area contributed by atoms with Gasteiger partial charge in [-0.1, -0.05) is 0 Å². The van der Waals surface area contributed by atoms with E-state index in [-0.39, 0.29) is 6.10 Å². The van der Waals surface area contributed by atoms with E-state index in [1.54, 1.807) is 0 Å². The van der Waals surface area contributed by atoms with Crippen LogP contribution in [0.25, 0.3) is 0 Å². The van der Waals surface area contributed by atoms with Crippen LogP contribution in [0, 0.1) is 6.92 Å². The van der Waals surface area contributed by atoms with Gasteiger partial charge in [0.05, 0.1) is 12.3 Å². The quantitative estimate of drug-likeness (QED) is 0.861. The first kappa shape index (κ1) is 13.7. The molecule has 1 aromatic rings. The lowest BCUT2D eigenvalue weighted by Crippen LogP contribution is -2.34. The van der Waals surface area contributed by atoms with Crippen molar-refractivity contribution in [3.05, 3.63) is 17.6 Å². The zero-order valence-electron chi connectivity index (χ0n) is 11.9. The molecule has 0 radical (unpaired) electrons. The zero-order valence-corrected chi connectivity index (χ0v) is 11.9. The van der Waals surface area contributed by atoms with E-state index in [1.807, 2.05) is 13.0 Å². The van der Waals surface area contributed by atoms with E-state index in [9.17, 15) is 0 Å². The molecule has 0 saturated carbocycles. The Balaban J connectivity index is 1.71. The maximum absolute atomic E-state index is 5.76. The van der Waals surface area contributed by atoms with E-state index in [4.69, 9.17) is 9.47 Å². The van der Waals surface area contributed by atoms with Crippen molar-refractivity contribution in [2.75, 3.05) is 38.2 Å². The summed E-state index contributed by atoms with van der Waals surface area (Å²) in [6, 6.07) is 2.46. The highest BCUT2D eigenvalue weighted by molar-refractivity contribution is 5.38. The van der Waals surface area contributed by atoms with Gasteiger partial charge < -0.3 is 20.1 Å². The fourth-order valence-electron chi connectivity index (χ4n) is 2.64. The second-order valence-electron chi connectivity index (χ2n) is 5.32. The molecule has 0 aromatic carbocycles. The van der Waals surface area contributed by atoms with Crippen LogP contribution in [0.3, 0.4) is 0 Å². The lowest BCUT2D eigenvalue weighted by Gasteiger charge is -2.26. The van der Waals surface area contributed by atoms with E-state index in [2.05, 4.69) is 20.6 Å². The summed E-state index contributed by atoms with van der Waals surface area (Å²) < 4.78 is 11.1. The number of anilines is 1. The lowest BCUT2D eigenvalue weighted by molar-refractivity contribution is 0.0249. The monoisotopic (exact) mass is 278 g/mol. The number of nitrogens with one attached hydrogen (secondary N) is 2. The van der Waals surface area contributed by atoms with Crippen molar-refractivity contribution < 1.29 is 9.47 Å². The van der Waals surface area contributed by atoms with Gasteiger partial charge in [0.25, 0.3) is 0 Å². The molecule has 0 amide bonds. The number of hydrogen-bond acceptors (Lipinski definition) is 6. The van der Waals surface area contributed by atoms with Gasteiger partial charge in [-0.25, -0.2) is 9.97 Å². The standard InChI is InChI=1S/C14H22N4O2/c1-10-16-12(13-9-15-4-7-20-13)8-14(17-10)18-11-2-5-19-6-3-11/h8,11,13,15H,2-7,9H2,1H3,(H,16,17,18). The average molecular weight is 278 g/mol. The summed E-state index contributed by atoms with van der Waals surface area (Å²) in [5.41, 5.74) is 0.958. The minimum absolute atomic E-state index is 0.0284. The van der Waals surface area contributed by atoms with E-state index in [1.165, 1.54) is 0 Å². The molecule has 6 heteroatoms. The molecule has 2 saturated heterocycles. The van der Waals surface area contributed by atoms with E-state index < -0.39 is 0 Å². The molecule has 2 fully saturated rings. The van der Waals surface area contributed by atoms with Crippen LogP contribution in [-0.4, -0.2) is 48.9 Å². The first-order valence-corrected chi connectivity index (χ1v) is 7.33. The summed E-state index contributed by atoms with van der Waals surface area (Å²) in [6.45, 7) is 6.03. The van der Waals surface area contributed by atoms with E-state index in [0.717, 1.165) is 63.1 Å². The molecule has 20 heavy (non-hydrogen) atoms. The predicted molar refractivity (Wildman–Crippen MR) is 75.8 cm³/mol. The predicted octanol–water partition coefficient (Wildman–Crippen LogP) is 1.04. The molecule has 6 nitrogen and oxygen atoms in total. The van der Waals surface area contributed by atoms with Gasteiger partial charge in [-0.2, -0.15) is 0 Å². The summed E-state index contributed by atoms with van der Waals surface area (Å²) in [4.78, 5) is 8.99. The second kappa shape index (κ2) is 6.47. The van der Waals surface area contributed by atoms with Gasteiger partial charge in [-0.05, 0) is 19.8 Å². The highest BCUT2D eigenvalue weighted by Crippen LogP contribution is 2.21. The van der Waals surface area contributed by atoms with Crippen LogP contribution in [0.15, 0.2) is 6.07 Å². The Morgan fingerprint density at radius 3 is 2.85 bits per heavy atom. The van der Waals surface area contributed by atoms with Crippen molar-refractivity contribution in [1.29, 1.82) is 0 Å². The highest BCUT2D eigenvalue weighted by atomic mass is 16.5. The normalized spacial score (nSPS) is 24.6. The molecular weight excluding hydrogens is 256 g/mol. The molecule has 0 bridgehead atoms. The van der Waals surface area contributed by atoms with Crippen LogP contribution in [0.1, 0.15) is 30.5 Å². The number of aromatic nitrogens is 2. The average Bonchev–Trinajstić information content (AvgIpc) is 2.49. The minimum Gasteiger partial charge on any atom is -0.381 e. The first-order valence-electron chi connectivity index (χ1n) is 7.33. The number of ether oxygens (including phenoxy) is 2. The third kappa shape index (κ3) is 3.45. The van der Waals surface area contributed by atoms with Crippen molar-refractivity contribution in [2.24, 2.45) is 0 Å². The largest absolute Gasteiger partial charge is 0.381 e. The Morgan fingerprint density at radius 2 is 2.10 bits per heavy atom. The van der Waals surface area contributed by atoms with Crippen molar-refractivity contribution >= 4 is 5.82 Å². The van der Waals surface area contributed by atoms with Gasteiger partial charge >= 0.3 is 0 Å². The van der Waals surface area contributed by atoms with Crippen LogP contribution in [0.2, 0.25) is 0 Å². The fraction of sp³-hybridized carbons (Fsp3) is 0.714. The van der Waals surface area contributed by atoms with Crippen molar-refractivity contribution in [3.8, 4) is 0 Å². The molecule has 1 aromatic heterocycles. The molecule has 1 unspecified atom stereocenters. The van der Waals surface area contributed by atoms with Gasteiger partial charge in [0.15, 0.2) is 0 Å². The summed E-state index contributed by atoms with van der Waals surface area (Å²) in [5, 5.41) is 6.83. The third-order valence-electron chi connectivity index (χ3n) is 3.69. The fourth-order valence-corrected chi connectivity index (χ4v) is 2.64. The number of aryl methyl sites for hydroxylation is 1. The second-order valence-corrected chi connectivity index (χ2v) is 5.32. The molecule has 0 aliphatic carbocycles. The topological polar surface area (TPSA) is 68.3 Å². The summed E-state index contributed by atoms with van der Waals surface area (Å²) >= 11 is 0. The number of nitrogens with zero attached hydrogens (tertiary/aromatic N) is 2. The maximum atomic E-state index is 5.76. The molecule has 1 atom stereocenters.